The molecule has 1 unspecified atom stereocenters. The first-order valence-electron chi connectivity index (χ1n) is 9.60. The van der Waals surface area contributed by atoms with Crippen LogP contribution in [0, 0.1) is 0 Å². The Morgan fingerprint density at radius 2 is 1.34 bits per heavy atom. The van der Waals surface area contributed by atoms with Gasteiger partial charge in [-0.1, -0.05) is 48.5 Å². The molecule has 3 atom stereocenters. The van der Waals surface area contributed by atoms with Crippen molar-refractivity contribution < 1.29 is 41.4 Å². The third-order valence-corrected chi connectivity index (χ3v) is 4.75. The molecule has 2 aromatic carbocycles. The number of benzene rings is 2. The number of carboxylic acids is 1. The zero-order valence-electron chi connectivity index (χ0n) is 17.2. The van der Waals surface area contributed by atoms with Crippen LogP contribution in [-0.4, -0.2) is 40.5 Å². The molecule has 2 aromatic rings. The molecule has 0 bridgehead atoms. The number of aliphatic carboxylic acids is 1. The SMILES string of the molecule is CC(C)(F)C[C@H](NC(c1ccc(-c2ccc([C@@H](O)C(F)F)cc2)cc1)C(F)(F)F)C(=O)O. The van der Waals surface area contributed by atoms with Crippen molar-refractivity contribution in [2.75, 3.05) is 0 Å². The number of carbonyl (C=O) groups is 1. The maximum absolute atomic E-state index is 13.9. The van der Waals surface area contributed by atoms with Gasteiger partial charge >= 0.3 is 12.1 Å². The summed E-state index contributed by atoms with van der Waals surface area (Å²) in [6.07, 6.45) is -10.4. The molecule has 0 saturated carbocycles. The van der Waals surface area contributed by atoms with Crippen LogP contribution in [0.2, 0.25) is 0 Å². The monoisotopic (exact) mass is 463 g/mol. The van der Waals surface area contributed by atoms with Crippen molar-refractivity contribution >= 4 is 5.97 Å². The number of carboxylic acid groups (broad SMARTS) is 1. The van der Waals surface area contributed by atoms with E-state index in [0.717, 1.165) is 26.0 Å². The third-order valence-electron chi connectivity index (χ3n) is 4.75. The largest absolute Gasteiger partial charge is 0.480 e. The molecular weight excluding hydrogens is 440 g/mol. The lowest BCUT2D eigenvalue weighted by atomic mass is 9.96. The molecule has 0 radical (unpaired) electrons. The Labute approximate surface area is 180 Å². The first-order chi connectivity index (χ1) is 14.7. The van der Waals surface area contributed by atoms with Gasteiger partial charge in [-0.15, -0.1) is 0 Å². The number of rotatable bonds is 9. The molecule has 3 N–H and O–H groups in total. The number of aliphatic hydroxyl groups is 1. The molecule has 0 amide bonds. The summed E-state index contributed by atoms with van der Waals surface area (Å²) in [6, 6.07) is 6.39. The van der Waals surface area contributed by atoms with Gasteiger partial charge < -0.3 is 10.2 Å². The Morgan fingerprint density at radius 1 is 0.906 bits per heavy atom. The summed E-state index contributed by atoms with van der Waals surface area (Å²) in [4.78, 5) is 11.4. The Morgan fingerprint density at radius 3 is 1.69 bits per heavy atom. The van der Waals surface area contributed by atoms with Gasteiger partial charge in [0.15, 0.2) is 0 Å². The number of halogens is 6. The highest BCUT2D eigenvalue weighted by Gasteiger charge is 2.43. The lowest BCUT2D eigenvalue weighted by Crippen LogP contribution is -2.47. The number of alkyl halides is 6. The topological polar surface area (TPSA) is 69.6 Å². The van der Waals surface area contributed by atoms with Gasteiger partial charge in [0, 0.05) is 6.42 Å². The maximum atomic E-state index is 13.9. The van der Waals surface area contributed by atoms with Crippen LogP contribution in [0.15, 0.2) is 48.5 Å². The number of hydrogen-bond acceptors (Lipinski definition) is 3. The quantitative estimate of drug-likeness (QED) is 0.434. The van der Waals surface area contributed by atoms with E-state index < -0.39 is 48.8 Å². The molecule has 2 rings (SSSR count). The fourth-order valence-electron chi connectivity index (χ4n) is 3.17. The highest BCUT2D eigenvalue weighted by atomic mass is 19.4. The molecule has 0 aromatic heterocycles. The van der Waals surface area contributed by atoms with Gasteiger partial charge in [0.05, 0.1) is 0 Å². The minimum Gasteiger partial charge on any atom is -0.480 e. The number of aliphatic hydroxyl groups excluding tert-OH is 1. The summed E-state index contributed by atoms with van der Waals surface area (Å²) in [5, 5.41) is 20.6. The minimum absolute atomic E-state index is 0.00259. The second kappa shape index (κ2) is 9.91. The van der Waals surface area contributed by atoms with E-state index >= 15 is 0 Å². The fraction of sp³-hybridized carbons (Fsp3) is 0.409. The number of nitrogens with one attached hydrogen (secondary N) is 1. The summed E-state index contributed by atoms with van der Waals surface area (Å²) in [7, 11) is 0. The predicted molar refractivity (Wildman–Crippen MR) is 106 cm³/mol. The fourth-order valence-corrected chi connectivity index (χ4v) is 3.17. The normalized spacial score (nSPS) is 15.4. The molecule has 4 nitrogen and oxygen atoms in total. The van der Waals surface area contributed by atoms with E-state index in [4.69, 9.17) is 0 Å². The molecule has 10 heteroatoms. The molecule has 0 heterocycles. The second-order valence-electron chi connectivity index (χ2n) is 7.98. The van der Waals surface area contributed by atoms with Gasteiger partial charge in [0.2, 0.25) is 0 Å². The zero-order chi connectivity index (χ0) is 24.3. The molecular formula is C22H23F6NO3. The van der Waals surface area contributed by atoms with Crippen LogP contribution < -0.4 is 5.32 Å². The van der Waals surface area contributed by atoms with Crippen molar-refractivity contribution in [2.24, 2.45) is 0 Å². The molecule has 0 spiro atoms. The van der Waals surface area contributed by atoms with Gasteiger partial charge in [-0.2, -0.15) is 13.2 Å². The van der Waals surface area contributed by atoms with E-state index in [1.807, 2.05) is 5.32 Å². The van der Waals surface area contributed by atoms with E-state index in [2.05, 4.69) is 0 Å². The molecule has 176 valence electrons. The summed E-state index contributed by atoms with van der Waals surface area (Å²) < 4.78 is 79.9. The van der Waals surface area contributed by atoms with Crippen molar-refractivity contribution in [3.8, 4) is 11.1 Å². The lowest BCUT2D eigenvalue weighted by molar-refractivity contribution is -0.164. The Kier molecular flexibility index (Phi) is 7.95. The minimum atomic E-state index is -4.84. The molecule has 0 aliphatic rings. The van der Waals surface area contributed by atoms with Crippen LogP contribution in [0.3, 0.4) is 0 Å². The highest BCUT2D eigenvalue weighted by molar-refractivity contribution is 5.73. The first-order valence-corrected chi connectivity index (χ1v) is 9.60. The van der Waals surface area contributed by atoms with Crippen molar-refractivity contribution in [1.82, 2.24) is 5.32 Å². The van der Waals surface area contributed by atoms with E-state index in [9.17, 15) is 41.4 Å². The average Bonchev–Trinajstić information content (AvgIpc) is 2.69. The van der Waals surface area contributed by atoms with E-state index in [-0.39, 0.29) is 11.1 Å². The van der Waals surface area contributed by atoms with Crippen molar-refractivity contribution in [2.45, 2.75) is 56.7 Å². The average molecular weight is 463 g/mol. The van der Waals surface area contributed by atoms with E-state index in [1.54, 1.807) is 0 Å². The summed E-state index contributed by atoms with van der Waals surface area (Å²) in [6.45, 7) is 2.15. The predicted octanol–water partition coefficient (Wildman–Crippen LogP) is 5.44. The molecule has 0 aliphatic heterocycles. The van der Waals surface area contributed by atoms with Gasteiger partial charge in [0.25, 0.3) is 6.43 Å². The van der Waals surface area contributed by atoms with E-state index in [1.165, 1.54) is 36.4 Å². The van der Waals surface area contributed by atoms with Crippen LogP contribution in [0.4, 0.5) is 26.3 Å². The smallest absolute Gasteiger partial charge is 0.407 e. The third kappa shape index (κ3) is 6.96. The highest BCUT2D eigenvalue weighted by Crippen LogP contribution is 2.35. The van der Waals surface area contributed by atoms with Crippen molar-refractivity contribution in [3.05, 3.63) is 59.7 Å². The van der Waals surface area contributed by atoms with Crippen LogP contribution in [0.25, 0.3) is 11.1 Å². The van der Waals surface area contributed by atoms with Gasteiger partial charge in [-0.25, -0.2) is 13.2 Å². The first kappa shape index (κ1) is 25.7. The lowest BCUT2D eigenvalue weighted by Gasteiger charge is -2.28. The van der Waals surface area contributed by atoms with Crippen LogP contribution in [0.1, 0.15) is 43.5 Å². The van der Waals surface area contributed by atoms with Crippen LogP contribution in [0.5, 0.6) is 0 Å². The molecule has 0 fully saturated rings. The zero-order valence-corrected chi connectivity index (χ0v) is 17.2. The molecule has 32 heavy (non-hydrogen) atoms. The molecule has 0 saturated heterocycles. The Bertz CT molecular complexity index is 892. The summed E-state index contributed by atoms with van der Waals surface area (Å²) >= 11 is 0. The van der Waals surface area contributed by atoms with Crippen molar-refractivity contribution in [1.29, 1.82) is 0 Å². The summed E-state index contributed by atoms with van der Waals surface area (Å²) in [5.74, 6) is -1.60. The Balaban J connectivity index is 2.27. The van der Waals surface area contributed by atoms with Gasteiger partial charge in [-0.05, 0) is 36.1 Å². The maximum Gasteiger partial charge on any atom is 0.407 e. The van der Waals surface area contributed by atoms with E-state index in [0.29, 0.717) is 11.1 Å². The number of hydrogen-bond donors (Lipinski definition) is 3. The van der Waals surface area contributed by atoms with Gasteiger partial charge in [-0.3, -0.25) is 10.1 Å². The van der Waals surface area contributed by atoms with Gasteiger partial charge in [0.1, 0.15) is 23.9 Å². The van der Waals surface area contributed by atoms with Crippen molar-refractivity contribution in [3.63, 3.8) is 0 Å². The molecule has 0 aliphatic carbocycles. The Hall–Kier alpha value is -2.59. The second-order valence-corrected chi connectivity index (χ2v) is 7.98. The summed E-state index contributed by atoms with van der Waals surface area (Å²) in [5.41, 5.74) is -1.28. The van der Waals surface area contributed by atoms with Crippen LogP contribution >= 0.6 is 0 Å². The standard InChI is InChI=1S/C22H23F6NO3/c1-21(2,25)11-16(20(31)32)29-18(22(26,27)28)15-9-5-13(6-10-15)12-3-7-14(8-4-12)17(30)19(23)24/h3-10,16-19,29-30H,11H2,1-2H3,(H,31,32)/t16-,17+,18?/m0/s1. The van der Waals surface area contributed by atoms with Crippen LogP contribution in [-0.2, 0) is 4.79 Å².